The number of hydrogen-bond donors (Lipinski definition) is 1. The molecule has 0 fully saturated rings. The van der Waals surface area contributed by atoms with Crippen LogP contribution in [0.3, 0.4) is 0 Å². The van der Waals surface area contributed by atoms with Gasteiger partial charge in [-0.25, -0.2) is 4.99 Å². The fraction of sp³-hybridized carbons (Fsp3) is 0.100. The SMILES string of the molecule is Cc1ccc([N+](=O)[O-])c2c1=CC(=C=N)N=2. The zero-order chi connectivity index (χ0) is 11.0. The van der Waals surface area contributed by atoms with E-state index in [1.54, 1.807) is 12.1 Å². The molecule has 0 saturated heterocycles. The lowest BCUT2D eigenvalue weighted by Gasteiger charge is -1.93. The van der Waals surface area contributed by atoms with Gasteiger partial charge in [-0.1, -0.05) is 6.07 Å². The second-order valence-electron chi connectivity index (χ2n) is 3.19. The smallest absolute Gasteiger partial charge is 0.258 e. The molecule has 0 unspecified atom stereocenters. The van der Waals surface area contributed by atoms with Gasteiger partial charge in [0.15, 0.2) is 0 Å². The van der Waals surface area contributed by atoms with Crippen LogP contribution >= 0.6 is 0 Å². The van der Waals surface area contributed by atoms with E-state index < -0.39 is 4.92 Å². The lowest BCUT2D eigenvalue weighted by atomic mass is 10.1. The largest absolute Gasteiger partial charge is 0.295 e. The molecule has 0 atom stereocenters. The number of nitro benzene ring substituents is 1. The van der Waals surface area contributed by atoms with Crippen LogP contribution in [0.4, 0.5) is 5.69 Å². The lowest BCUT2D eigenvalue weighted by molar-refractivity contribution is -0.386. The third-order valence-corrected chi connectivity index (χ3v) is 2.25. The van der Waals surface area contributed by atoms with E-state index in [1.165, 1.54) is 6.07 Å². The summed E-state index contributed by atoms with van der Waals surface area (Å²) in [5.74, 6) is 2.13. The van der Waals surface area contributed by atoms with Crippen LogP contribution in [-0.2, 0) is 0 Å². The maximum absolute atomic E-state index is 10.7. The van der Waals surface area contributed by atoms with Gasteiger partial charge in [0, 0.05) is 17.2 Å². The van der Waals surface area contributed by atoms with Crippen LogP contribution in [0.25, 0.3) is 6.08 Å². The fourth-order valence-corrected chi connectivity index (χ4v) is 1.50. The molecule has 0 saturated carbocycles. The molecule has 0 aromatic heterocycles. The summed E-state index contributed by atoms with van der Waals surface area (Å²) in [6.45, 7) is 1.85. The minimum absolute atomic E-state index is 0.0305. The number of aryl methyl sites for hydroxylation is 1. The number of allylic oxidation sites excluding steroid dienone is 1. The number of nitrogens with zero attached hydrogens (tertiary/aromatic N) is 2. The van der Waals surface area contributed by atoms with Crippen LogP contribution in [-0.4, -0.2) is 10.8 Å². The maximum atomic E-state index is 10.7. The number of nitrogens with one attached hydrogen (secondary N) is 1. The van der Waals surface area contributed by atoms with Crippen molar-refractivity contribution >= 4 is 17.6 Å². The van der Waals surface area contributed by atoms with Crippen LogP contribution in [0.2, 0.25) is 0 Å². The van der Waals surface area contributed by atoms with Gasteiger partial charge in [-0.3, -0.25) is 15.5 Å². The summed E-state index contributed by atoms with van der Waals surface area (Å²) >= 11 is 0. The van der Waals surface area contributed by atoms with Crippen LogP contribution in [0.1, 0.15) is 5.56 Å². The summed E-state index contributed by atoms with van der Waals surface area (Å²) in [5, 5.41) is 18.7. The molecule has 74 valence electrons. The van der Waals surface area contributed by atoms with Crippen LogP contribution in [0.5, 0.6) is 0 Å². The molecule has 0 aliphatic carbocycles. The predicted molar refractivity (Wildman–Crippen MR) is 54.3 cm³/mol. The molecule has 0 bridgehead atoms. The summed E-state index contributed by atoms with van der Waals surface area (Å²) in [6, 6.07) is 3.11. The van der Waals surface area contributed by atoms with E-state index in [1.807, 2.05) is 6.92 Å². The summed E-state index contributed by atoms with van der Waals surface area (Å²) in [4.78, 5) is 14.2. The highest BCUT2D eigenvalue weighted by Crippen LogP contribution is 2.07. The molecule has 0 radical (unpaired) electrons. The molecular weight excluding hydrogens is 194 g/mol. The van der Waals surface area contributed by atoms with Gasteiger partial charge < -0.3 is 0 Å². The van der Waals surface area contributed by atoms with Crippen molar-refractivity contribution in [1.29, 1.82) is 5.41 Å². The van der Waals surface area contributed by atoms with E-state index in [4.69, 9.17) is 5.41 Å². The average molecular weight is 201 g/mol. The van der Waals surface area contributed by atoms with E-state index in [2.05, 4.69) is 10.9 Å². The van der Waals surface area contributed by atoms with Gasteiger partial charge in [-0.15, -0.1) is 0 Å². The first-order chi connectivity index (χ1) is 7.13. The summed E-state index contributed by atoms with van der Waals surface area (Å²) in [7, 11) is 0. The zero-order valence-electron chi connectivity index (χ0n) is 7.94. The Balaban J connectivity index is 2.94. The van der Waals surface area contributed by atoms with E-state index in [9.17, 15) is 10.1 Å². The molecule has 15 heavy (non-hydrogen) atoms. The average Bonchev–Trinajstić information content (AvgIpc) is 2.62. The Hall–Kier alpha value is -2.26. The predicted octanol–water partition coefficient (Wildman–Crippen LogP) is 0.449. The minimum Gasteiger partial charge on any atom is -0.258 e. The monoisotopic (exact) mass is 201 g/mol. The molecule has 5 heteroatoms. The van der Waals surface area contributed by atoms with Gasteiger partial charge in [0.05, 0.1) is 4.92 Å². The molecule has 1 aliphatic heterocycles. The highest BCUT2D eigenvalue weighted by molar-refractivity contribution is 5.71. The van der Waals surface area contributed by atoms with Crippen molar-refractivity contribution in [3.8, 4) is 0 Å². The van der Waals surface area contributed by atoms with Gasteiger partial charge in [0.2, 0.25) is 0 Å². The van der Waals surface area contributed by atoms with Crippen molar-refractivity contribution in [3.63, 3.8) is 0 Å². The first-order valence-corrected chi connectivity index (χ1v) is 4.27. The molecule has 0 spiro atoms. The van der Waals surface area contributed by atoms with E-state index >= 15 is 0 Å². The highest BCUT2D eigenvalue weighted by atomic mass is 16.6. The third-order valence-electron chi connectivity index (χ3n) is 2.25. The quantitative estimate of drug-likeness (QED) is 0.406. The van der Waals surface area contributed by atoms with Crippen molar-refractivity contribution in [1.82, 2.24) is 0 Å². The molecule has 1 N–H and O–H groups in total. The van der Waals surface area contributed by atoms with Crippen molar-refractivity contribution in [3.05, 3.63) is 44.1 Å². The normalized spacial score (nSPS) is 12.5. The zero-order valence-corrected chi connectivity index (χ0v) is 7.94. The van der Waals surface area contributed by atoms with E-state index in [0.29, 0.717) is 16.3 Å². The summed E-state index contributed by atoms with van der Waals surface area (Å²) < 4.78 is 0. The molecule has 1 heterocycles. The molecule has 5 nitrogen and oxygen atoms in total. The first-order valence-electron chi connectivity index (χ1n) is 4.27. The van der Waals surface area contributed by atoms with Crippen molar-refractivity contribution in [2.45, 2.75) is 6.92 Å². The molecule has 1 aromatic rings. The van der Waals surface area contributed by atoms with Gasteiger partial charge in [0.25, 0.3) is 5.69 Å². The summed E-state index contributed by atoms with van der Waals surface area (Å²) in [5.41, 5.74) is 1.20. The Morgan fingerprint density at radius 3 is 2.87 bits per heavy atom. The molecule has 1 aliphatic rings. The van der Waals surface area contributed by atoms with Crippen molar-refractivity contribution in [2.75, 3.05) is 0 Å². The van der Waals surface area contributed by atoms with Gasteiger partial charge in [-0.05, 0) is 18.6 Å². The standard InChI is InChI=1S/C10H7N3O2/c1-6-2-3-9(13(14)15)10-8(6)4-7(5-11)12-10/h2-4,11H,1H3. The van der Waals surface area contributed by atoms with Crippen LogP contribution in [0.15, 0.2) is 22.8 Å². The van der Waals surface area contributed by atoms with Gasteiger partial charge >= 0.3 is 0 Å². The number of non-ortho nitro benzene ring substituents is 1. The number of rotatable bonds is 1. The topological polar surface area (TPSA) is 79.4 Å². The molecule has 0 amide bonds. The third kappa shape index (κ3) is 1.35. The minimum atomic E-state index is -0.470. The summed E-state index contributed by atoms with van der Waals surface area (Å²) in [6.07, 6.45) is 1.63. The van der Waals surface area contributed by atoms with Gasteiger partial charge in [-0.2, -0.15) is 0 Å². The van der Waals surface area contributed by atoms with Crippen molar-refractivity contribution in [2.24, 2.45) is 4.99 Å². The lowest BCUT2D eigenvalue weighted by Crippen LogP contribution is -2.27. The Morgan fingerprint density at radius 1 is 1.53 bits per heavy atom. The van der Waals surface area contributed by atoms with E-state index in [-0.39, 0.29) is 5.69 Å². The van der Waals surface area contributed by atoms with Gasteiger partial charge in [0.1, 0.15) is 11.1 Å². The molecular formula is C10H7N3O2. The van der Waals surface area contributed by atoms with E-state index in [0.717, 1.165) is 5.56 Å². The Morgan fingerprint density at radius 2 is 2.27 bits per heavy atom. The fourth-order valence-electron chi connectivity index (χ4n) is 1.50. The highest BCUT2D eigenvalue weighted by Gasteiger charge is 2.15. The number of fused-ring (bicyclic) bond motifs is 1. The van der Waals surface area contributed by atoms with Crippen molar-refractivity contribution < 1.29 is 4.92 Å². The first kappa shape index (κ1) is 9.30. The second kappa shape index (κ2) is 3.15. The second-order valence-corrected chi connectivity index (χ2v) is 3.19. The Labute approximate surface area is 84.7 Å². The van der Waals surface area contributed by atoms with Crippen LogP contribution in [0, 0.1) is 22.4 Å². The number of hydrogen-bond acceptors (Lipinski definition) is 4. The molecule has 2 rings (SSSR count). The van der Waals surface area contributed by atoms with Crippen LogP contribution < -0.4 is 10.6 Å². The maximum Gasteiger partial charge on any atom is 0.295 e. The Kier molecular flexibility index (Phi) is 1.95. The number of nitro groups is 1. The number of benzene rings is 1. The molecule has 1 aromatic carbocycles. The Bertz CT molecular complexity index is 625.